The molecule has 1 amide bonds. The van der Waals surface area contributed by atoms with Crippen molar-refractivity contribution in [3.8, 4) is 11.3 Å². The van der Waals surface area contributed by atoms with E-state index in [1.165, 1.54) is 31.9 Å². The van der Waals surface area contributed by atoms with E-state index in [0.717, 1.165) is 80.0 Å². The van der Waals surface area contributed by atoms with Crippen molar-refractivity contribution in [2.45, 2.75) is 76.9 Å². The maximum Gasteiger partial charge on any atom is 0.279 e. The lowest BCUT2D eigenvalue weighted by molar-refractivity contribution is -0.126. The predicted molar refractivity (Wildman–Crippen MR) is 172 cm³/mol. The van der Waals surface area contributed by atoms with Gasteiger partial charge >= 0.3 is 0 Å². The first-order chi connectivity index (χ1) is 20.0. The summed E-state index contributed by atoms with van der Waals surface area (Å²) in [6, 6.07) is 9.59. The fraction of sp³-hybridized carbons (Fsp3) is 0.531. The van der Waals surface area contributed by atoms with E-state index in [2.05, 4.69) is 64.2 Å². The van der Waals surface area contributed by atoms with Gasteiger partial charge in [0.15, 0.2) is 0 Å². The summed E-state index contributed by atoms with van der Waals surface area (Å²) in [7, 11) is -0.312. The molecule has 3 fully saturated rings. The van der Waals surface area contributed by atoms with Crippen LogP contribution in [0.15, 0.2) is 30.8 Å². The van der Waals surface area contributed by atoms with Crippen molar-refractivity contribution in [3.05, 3.63) is 52.4 Å². The van der Waals surface area contributed by atoms with Crippen molar-refractivity contribution in [1.29, 1.82) is 0 Å². The number of benzene rings is 1. The van der Waals surface area contributed by atoms with Crippen molar-refractivity contribution in [1.82, 2.24) is 23.8 Å². The van der Waals surface area contributed by atoms with Crippen LogP contribution in [0.2, 0.25) is 0 Å². The lowest BCUT2D eigenvalue weighted by atomic mass is 9.99. The molecule has 8 nitrogen and oxygen atoms in total. The highest BCUT2D eigenvalue weighted by Crippen LogP contribution is 2.42. The molecule has 3 aliphatic rings. The molecule has 226 valence electrons. The number of amides is 1. The molecule has 10 heteroatoms. The molecule has 5 heterocycles. The minimum Gasteiger partial charge on any atom is -0.346 e. The fourth-order valence-electron chi connectivity index (χ4n) is 7.17. The molecule has 0 radical (unpaired) electrons. The molecule has 0 spiro atoms. The van der Waals surface area contributed by atoms with Crippen LogP contribution in [0.25, 0.3) is 27.0 Å². The van der Waals surface area contributed by atoms with Crippen LogP contribution in [0.3, 0.4) is 0 Å². The number of nitrogens with one attached hydrogen (secondary N) is 2. The maximum atomic E-state index is 13.5. The van der Waals surface area contributed by atoms with Gasteiger partial charge in [0.05, 0.1) is 5.69 Å². The number of hydrogen-bond donors (Lipinski definition) is 2. The van der Waals surface area contributed by atoms with Gasteiger partial charge in [0.1, 0.15) is 4.83 Å². The number of H-pyrrole nitrogens is 1. The highest BCUT2D eigenvalue weighted by molar-refractivity contribution is 7.87. The number of nitrogens with zero attached hydrogens (tertiary/aromatic N) is 3. The van der Waals surface area contributed by atoms with E-state index in [9.17, 15) is 13.2 Å². The number of thiophene rings is 1. The molecule has 2 bridgehead atoms. The molecule has 2 aromatic heterocycles. The molecule has 42 heavy (non-hydrogen) atoms. The zero-order chi connectivity index (χ0) is 29.8. The van der Waals surface area contributed by atoms with Gasteiger partial charge < -0.3 is 14.8 Å². The Labute approximate surface area is 253 Å². The molecular weight excluding hydrogens is 567 g/mol. The quantitative estimate of drug-likeness (QED) is 0.331. The van der Waals surface area contributed by atoms with E-state index < -0.39 is 10.2 Å². The first-order valence-corrected chi connectivity index (χ1v) is 17.4. The average molecular weight is 610 g/mol. The number of piperidine rings is 1. The van der Waals surface area contributed by atoms with Gasteiger partial charge in [-0.25, -0.2) is 0 Å². The number of fused-ring (bicyclic) bond motifs is 3. The number of aromatic nitrogens is 1. The lowest BCUT2D eigenvalue weighted by Crippen LogP contribution is -2.48. The summed E-state index contributed by atoms with van der Waals surface area (Å²) in [4.78, 5) is 23.8. The summed E-state index contributed by atoms with van der Waals surface area (Å²) >= 11 is 1.64. The molecular formula is C32H43N5O3S2. The van der Waals surface area contributed by atoms with Crippen molar-refractivity contribution in [2.75, 3.05) is 33.7 Å². The molecule has 2 N–H and O–H groups in total. The van der Waals surface area contributed by atoms with Crippen LogP contribution in [0.5, 0.6) is 0 Å². The second kappa shape index (κ2) is 11.5. The van der Waals surface area contributed by atoms with Crippen LogP contribution in [-0.2, 0) is 21.4 Å². The van der Waals surface area contributed by atoms with Crippen LogP contribution in [0.1, 0.15) is 60.1 Å². The van der Waals surface area contributed by atoms with Crippen LogP contribution in [0.4, 0.5) is 0 Å². The number of aryl methyl sites for hydroxylation is 2. The van der Waals surface area contributed by atoms with Crippen molar-refractivity contribution in [2.24, 2.45) is 0 Å². The summed E-state index contributed by atoms with van der Waals surface area (Å²) in [6.45, 7) is 11.1. The Bertz CT molecular complexity index is 1570. The Kier molecular flexibility index (Phi) is 8.12. The van der Waals surface area contributed by atoms with Crippen LogP contribution < -0.4 is 4.72 Å². The molecule has 0 atom stereocenters. The SMILES string of the molecule is C=C(C(=O)N1C2CCC1CC2)c1cc2c(CCN3CCC(NS(=O)(=O)N(C)C)CC3)c(-c3cc(C)cc(C)c3)[nH]c2s1. The zero-order valence-corrected chi connectivity index (χ0v) is 26.8. The van der Waals surface area contributed by atoms with E-state index in [4.69, 9.17) is 0 Å². The normalized spacial score (nSPS) is 21.7. The maximum absolute atomic E-state index is 13.5. The highest BCUT2D eigenvalue weighted by Gasteiger charge is 2.43. The monoisotopic (exact) mass is 609 g/mol. The van der Waals surface area contributed by atoms with Gasteiger partial charge in [-0.15, -0.1) is 11.3 Å². The van der Waals surface area contributed by atoms with E-state index in [0.29, 0.717) is 17.7 Å². The Hall–Kier alpha value is -2.50. The number of likely N-dealkylation sites (tertiary alicyclic amines) is 1. The summed E-state index contributed by atoms with van der Waals surface area (Å²) < 4.78 is 28.6. The van der Waals surface area contributed by atoms with Gasteiger partial charge in [-0.3, -0.25) is 4.79 Å². The number of carbonyl (C=O) groups excluding carboxylic acids is 1. The Morgan fingerprint density at radius 1 is 1.02 bits per heavy atom. The van der Waals surface area contributed by atoms with Crippen molar-refractivity contribution in [3.63, 3.8) is 0 Å². The first kappa shape index (κ1) is 29.6. The van der Waals surface area contributed by atoms with Crippen molar-refractivity contribution >= 4 is 43.2 Å². The number of carbonyl (C=O) groups is 1. The Morgan fingerprint density at radius 2 is 1.64 bits per heavy atom. The average Bonchev–Trinajstić information content (AvgIpc) is 3.71. The number of hydrogen-bond acceptors (Lipinski definition) is 5. The first-order valence-electron chi connectivity index (χ1n) is 15.2. The lowest BCUT2D eigenvalue weighted by Gasteiger charge is -2.32. The van der Waals surface area contributed by atoms with Gasteiger partial charge in [-0.2, -0.15) is 17.4 Å². The second-order valence-electron chi connectivity index (χ2n) is 12.6. The molecule has 3 saturated heterocycles. The Morgan fingerprint density at radius 3 is 2.24 bits per heavy atom. The molecule has 0 saturated carbocycles. The second-order valence-corrected chi connectivity index (χ2v) is 15.6. The molecule has 0 aliphatic carbocycles. The van der Waals surface area contributed by atoms with Gasteiger partial charge in [0, 0.05) is 54.6 Å². The summed E-state index contributed by atoms with van der Waals surface area (Å²) in [5.74, 6) is 0.104. The summed E-state index contributed by atoms with van der Waals surface area (Å²) in [5, 5.41) is 1.18. The highest BCUT2D eigenvalue weighted by atomic mass is 32.2. The number of rotatable bonds is 9. The molecule has 0 unspecified atom stereocenters. The van der Waals surface area contributed by atoms with Gasteiger partial charge in [0.25, 0.3) is 16.1 Å². The smallest absolute Gasteiger partial charge is 0.279 e. The molecule has 6 rings (SSSR count). The predicted octanol–water partition coefficient (Wildman–Crippen LogP) is 5.08. The third-order valence-electron chi connectivity index (χ3n) is 9.41. The fourth-order valence-corrected chi connectivity index (χ4v) is 9.09. The van der Waals surface area contributed by atoms with E-state index in [-0.39, 0.29) is 11.9 Å². The standard InChI is InChI=1S/C32H43N5O3S2/c1-20-16-21(2)18-23(17-20)30-27(12-15-36-13-10-24(11-14-36)34-42(39,40)35(4)5)28-19-29(41-31(28)33-30)22(3)32(38)37-25-6-7-26(37)9-8-25/h16-19,24-26,33-34H,3,6-15H2,1-2,4-5H3. The van der Waals surface area contributed by atoms with Gasteiger partial charge in [-0.1, -0.05) is 23.8 Å². The van der Waals surface area contributed by atoms with Crippen molar-refractivity contribution < 1.29 is 13.2 Å². The van der Waals surface area contributed by atoms with Crippen LogP contribution in [0, 0.1) is 13.8 Å². The number of aromatic amines is 1. The third-order valence-corrected chi connectivity index (χ3v) is 12.1. The molecule has 1 aromatic carbocycles. The van der Waals surface area contributed by atoms with Crippen LogP contribution in [-0.4, -0.2) is 85.3 Å². The van der Waals surface area contributed by atoms with E-state index in [1.807, 2.05) is 0 Å². The minimum absolute atomic E-state index is 0.0349. The minimum atomic E-state index is -3.42. The summed E-state index contributed by atoms with van der Waals surface area (Å²) in [5.41, 5.74) is 6.69. The molecule has 3 aliphatic heterocycles. The van der Waals surface area contributed by atoms with E-state index in [1.54, 1.807) is 25.4 Å². The largest absolute Gasteiger partial charge is 0.346 e. The van der Waals surface area contributed by atoms with Gasteiger partial charge in [0.2, 0.25) is 0 Å². The third kappa shape index (κ3) is 5.71. The Balaban J connectivity index is 1.23. The molecule has 3 aromatic rings. The van der Waals surface area contributed by atoms with Gasteiger partial charge in [-0.05, 0) is 101 Å². The van der Waals surface area contributed by atoms with Crippen LogP contribution >= 0.6 is 11.3 Å². The topological polar surface area (TPSA) is 88.8 Å². The summed E-state index contributed by atoms with van der Waals surface area (Å²) in [6.07, 6.45) is 6.94. The zero-order valence-electron chi connectivity index (χ0n) is 25.2. The van der Waals surface area contributed by atoms with E-state index >= 15 is 0 Å².